The van der Waals surface area contributed by atoms with Gasteiger partial charge in [0.2, 0.25) is 0 Å². The second-order valence-electron chi connectivity index (χ2n) is 6.59. The van der Waals surface area contributed by atoms with Gasteiger partial charge >= 0.3 is 0 Å². The minimum Gasteiger partial charge on any atom is -0.451 e. The van der Waals surface area contributed by atoms with Crippen LogP contribution in [0, 0.1) is 0 Å². The van der Waals surface area contributed by atoms with E-state index in [4.69, 9.17) is 14.3 Å². The van der Waals surface area contributed by atoms with Crippen LogP contribution in [0.15, 0.2) is 40.0 Å². The Bertz CT molecular complexity index is 970. The highest BCUT2D eigenvalue weighted by Gasteiger charge is 2.29. The van der Waals surface area contributed by atoms with Crippen LogP contribution in [0.2, 0.25) is 0 Å². The summed E-state index contributed by atoms with van der Waals surface area (Å²) < 4.78 is 13.1. The largest absolute Gasteiger partial charge is 0.451 e. The number of halogens is 1. The first-order valence-corrected chi connectivity index (χ1v) is 9.82. The number of pyridine rings is 1. The first kappa shape index (κ1) is 18.8. The average Bonchev–Trinajstić information content (AvgIpc) is 3.35. The molecule has 8 nitrogen and oxygen atoms in total. The number of ether oxygens (including phenoxy) is 1. The van der Waals surface area contributed by atoms with E-state index in [0.29, 0.717) is 31.0 Å². The highest BCUT2D eigenvalue weighted by atomic mass is 79.9. The number of hydrogen-bond acceptors (Lipinski definition) is 6. The molecular formula is C19H20BrN5O3. The van der Waals surface area contributed by atoms with E-state index in [1.807, 2.05) is 9.58 Å². The van der Waals surface area contributed by atoms with Gasteiger partial charge in [-0.2, -0.15) is 5.10 Å². The first-order valence-electron chi connectivity index (χ1n) is 9.03. The molecule has 0 fully saturated rings. The summed E-state index contributed by atoms with van der Waals surface area (Å²) in [6.45, 7) is 2.55. The van der Waals surface area contributed by atoms with E-state index in [1.165, 1.54) is 6.39 Å². The maximum absolute atomic E-state index is 13.0. The fourth-order valence-electron chi connectivity index (χ4n) is 3.45. The first-order chi connectivity index (χ1) is 13.7. The molecular weight excluding hydrogens is 426 g/mol. The zero-order chi connectivity index (χ0) is 19.5. The van der Waals surface area contributed by atoms with Crippen LogP contribution in [0.25, 0.3) is 11.4 Å². The molecule has 1 aliphatic heterocycles. The maximum atomic E-state index is 13.0. The molecule has 28 heavy (non-hydrogen) atoms. The van der Waals surface area contributed by atoms with E-state index < -0.39 is 0 Å². The number of fused-ring (bicyclic) bond motifs is 1. The van der Waals surface area contributed by atoms with Gasteiger partial charge in [-0.25, -0.2) is 4.98 Å². The highest BCUT2D eigenvalue weighted by molar-refractivity contribution is 9.10. The monoisotopic (exact) mass is 445 g/mol. The molecule has 0 unspecified atom stereocenters. The molecule has 0 saturated carbocycles. The Balaban J connectivity index is 1.64. The summed E-state index contributed by atoms with van der Waals surface area (Å²) >= 11 is 3.38. The van der Waals surface area contributed by atoms with E-state index in [-0.39, 0.29) is 5.91 Å². The summed E-state index contributed by atoms with van der Waals surface area (Å²) in [6.07, 6.45) is 7.84. The summed E-state index contributed by atoms with van der Waals surface area (Å²) in [5.41, 5.74) is 4.18. The van der Waals surface area contributed by atoms with Crippen molar-refractivity contribution >= 4 is 21.8 Å². The van der Waals surface area contributed by atoms with Gasteiger partial charge < -0.3 is 14.1 Å². The Morgan fingerprint density at radius 3 is 3.04 bits per heavy atom. The third kappa shape index (κ3) is 3.72. The van der Waals surface area contributed by atoms with Crippen LogP contribution < -0.4 is 0 Å². The van der Waals surface area contributed by atoms with Crippen LogP contribution in [0.5, 0.6) is 0 Å². The highest BCUT2D eigenvalue weighted by Crippen LogP contribution is 2.30. The number of methoxy groups -OCH3 is 1. The molecule has 0 aromatic carbocycles. The Labute approximate surface area is 170 Å². The van der Waals surface area contributed by atoms with Crippen molar-refractivity contribution in [2.24, 2.45) is 0 Å². The average molecular weight is 446 g/mol. The molecule has 146 valence electrons. The summed E-state index contributed by atoms with van der Waals surface area (Å²) in [7, 11) is 1.69. The normalized spacial score (nSPS) is 13.6. The number of amides is 1. The van der Waals surface area contributed by atoms with Crippen LogP contribution in [-0.4, -0.2) is 50.8 Å². The van der Waals surface area contributed by atoms with Crippen molar-refractivity contribution in [2.45, 2.75) is 25.9 Å². The third-order valence-electron chi connectivity index (χ3n) is 4.77. The molecule has 9 heteroatoms. The standard InChI is InChI=1S/C19H20BrN5O3/c1-27-6-2-4-25-17-3-5-24(19(26)13-7-14(20)9-21-8-13)10-15(17)18(23-25)16-11-28-12-22-16/h7-9,11-12H,2-6,10H2,1H3. The molecule has 0 spiro atoms. The summed E-state index contributed by atoms with van der Waals surface area (Å²) in [5, 5.41) is 4.77. The van der Waals surface area contributed by atoms with Crippen molar-refractivity contribution < 1.29 is 13.9 Å². The summed E-state index contributed by atoms with van der Waals surface area (Å²) in [4.78, 5) is 23.2. The minimum atomic E-state index is -0.0438. The van der Waals surface area contributed by atoms with Crippen molar-refractivity contribution in [3.8, 4) is 11.4 Å². The van der Waals surface area contributed by atoms with E-state index in [2.05, 4.69) is 25.9 Å². The van der Waals surface area contributed by atoms with E-state index in [1.54, 1.807) is 31.8 Å². The lowest BCUT2D eigenvalue weighted by Crippen LogP contribution is -2.36. The topological polar surface area (TPSA) is 86.3 Å². The fraction of sp³-hybridized carbons (Fsp3) is 0.368. The number of rotatable bonds is 6. The lowest BCUT2D eigenvalue weighted by Gasteiger charge is -2.28. The molecule has 1 amide bonds. The number of nitrogens with zero attached hydrogens (tertiary/aromatic N) is 5. The fourth-order valence-corrected chi connectivity index (χ4v) is 3.82. The van der Waals surface area contributed by atoms with Gasteiger partial charge in [-0.3, -0.25) is 14.5 Å². The van der Waals surface area contributed by atoms with Crippen molar-refractivity contribution in [3.63, 3.8) is 0 Å². The van der Waals surface area contributed by atoms with E-state index in [9.17, 15) is 4.79 Å². The van der Waals surface area contributed by atoms with Gasteiger partial charge in [0.05, 0.1) is 12.1 Å². The molecule has 3 aromatic heterocycles. The zero-order valence-electron chi connectivity index (χ0n) is 15.5. The minimum absolute atomic E-state index is 0.0438. The van der Waals surface area contributed by atoms with Crippen LogP contribution in [-0.2, 0) is 24.2 Å². The van der Waals surface area contributed by atoms with Gasteiger partial charge in [0.25, 0.3) is 5.91 Å². The number of carbonyl (C=O) groups excluding carboxylic acids is 1. The molecule has 3 aromatic rings. The number of aromatic nitrogens is 4. The third-order valence-corrected chi connectivity index (χ3v) is 5.20. The lowest BCUT2D eigenvalue weighted by atomic mass is 10.0. The van der Waals surface area contributed by atoms with Crippen molar-refractivity contribution in [3.05, 3.63) is 52.4 Å². The maximum Gasteiger partial charge on any atom is 0.255 e. The molecule has 0 radical (unpaired) electrons. The predicted octanol–water partition coefficient (Wildman–Crippen LogP) is 2.93. The molecule has 4 heterocycles. The second-order valence-corrected chi connectivity index (χ2v) is 7.50. The molecule has 0 atom stereocenters. The lowest BCUT2D eigenvalue weighted by molar-refractivity contribution is 0.0733. The summed E-state index contributed by atoms with van der Waals surface area (Å²) in [5.74, 6) is -0.0438. The van der Waals surface area contributed by atoms with Gasteiger partial charge in [-0.05, 0) is 28.4 Å². The van der Waals surface area contributed by atoms with Crippen LogP contribution in [0.3, 0.4) is 0 Å². The quantitative estimate of drug-likeness (QED) is 0.542. The smallest absolute Gasteiger partial charge is 0.255 e. The summed E-state index contributed by atoms with van der Waals surface area (Å²) in [6, 6.07) is 1.79. The van der Waals surface area contributed by atoms with Gasteiger partial charge in [-0.1, -0.05) is 0 Å². The van der Waals surface area contributed by atoms with Gasteiger partial charge in [0.1, 0.15) is 17.7 Å². The number of carbonyl (C=O) groups is 1. The molecule has 1 aliphatic rings. The van der Waals surface area contributed by atoms with Crippen molar-refractivity contribution in [1.29, 1.82) is 0 Å². The predicted molar refractivity (Wildman–Crippen MR) is 105 cm³/mol. The molecule has 0 saturated heterocycles. The number of hydrogen-bond donors (Lipinski definition) is 0. The number of oxazole rings is 1. The second kappa shape index (κ2) is 8.24. The van der Waals surface area contributed by atoms with Gasteiger partial charge in [0, 0.05) is 61.4 Å². The Hall–Kier alpha value is -2.52. The Morgan fingerprint density at radius 2 is 2.29 bits per heavy atom. The SMILES string of the molecule is COCCCn1nc(-c2cocn2)c2c1CCN(C(=O)c1cncc(Br)c1)C2. The van der Waals surface area contributed by atoms with Gasteiger partial charge in [-0.15, -0.1) is 0 Å². The van der Waals surface area contributed by atoms with E-state index in [0.717, 1.165) is 40.8 Å². The van der Waals surface area contributed by atoms with Gasteiger partial charge in [0.15, 0.2) is 6.39 Å². The van der Waals surface area contributed by atoms with Crippen molar-refractivity contribution in [1.82, 2.24) is 24.6 Å². The molecule has 0 bridgehead atoms. The van der Waals surface area contributed by atoms with Crippen LogP contribution in [0.1, 0.15) is 28.0 Å². The molecule has 0 aliphatic carbocycles. The number of aryl methyl sites for hydroxylation is 1. The molecule has 4 rings (SSSR count). The van der Waals surface area contributed by atoms with Crippen LogP contribution in [0.4, 0.5) is 0 Å². The van der Waals surface area contributed by atoms with E-state index >= 15 is 0 Å². The Kier molecular flexibility index (Phi) is 5.54. The van der Waals surface area contributed by atoms with Crippen molar-refractivity contribution in [2.75, 3.05) is 20.3 Å². The Morgan fingerprint density at radius 1 is 1.39 bits per heavy atom. The molecule has 0 N–H and O–H groups in total. The zero-order valence-corrected chi connectivity index (χ0v) is 17.1. The van der Waals surface area contributed by atoms with Crippen LogP contribution >= 0.6 is 15.9 Å².